The molecule has 2 amide bonds. The van der Waals surface area contributed by atoms with Gasteiger partial charge in [0.05, 0.1) is 10.7 Å². The predicted molar refractivity (Wildman–Crippen MR) is 95.7 cm³/mol. The summed E-state index contributed by atoms with van der Waals surface area (Å²) in [6.07, 6.45) is 5.56. The molecular formula is C17H20ClN3OS. The number of aryl methyl sites for hydroxylation is 3. The molecular weight excluding hydrogens is 330 g/mol. The fourth-order valence-electron chi connectivity index (χ4n) is 2.64. The second-order valence-electron chi connectivity index (χ2n) is 5.78. The molecule has 6 heteroatoms. The van der Waals surface area contributed by atoms with Crippen LogP contribution in [0.25, 0.3) is 0 Å². The van der Waals surface area contributed by atoms with Gasteiger partial charge in [0.25, 0.3) is 0 Å². The summed E-state index contributed by atoms with van der Waals surface area (Å²) in [5, 5.41) is 7.43. The molecule has 122 valence electrons. The minimum atomic E-state index is -0.216. The van der Waals surface area contributed by atoms with Crippen molar-refractivity contribution in [1.29, 1.82) is 0 Å². The SMILES string of the molecule is Cc1ccc(NC(=O)NCCc2nc3c(s2)CCCC3)cc1Cl. The van der Waals surface area contributed by atoms with E-state index in [4.69, 9.17) is 11.6 Å². The predicted octanol–water partition coefficient (Wildman–Crippen LogP) is 4.35. The number of carbonyl (C=O) groups excluding carboxylic acids is 1. The minimum Gasteiger partial charge on any atom is -0.337 e. The molecule has 0 saturated carbocycles. The number of nitrogens with zero attached hydrogens (tertiary/aromatic N) is 1. The first-order valence-electron chi connectivity index (χ1n) is 7.90. The van der Waals surface area contributed by atoms with Gasteiger partial charge in [-0.25, -0.2) is 9.78 Å². The van der Waals surface area contributed by atoms with Crippen LogP contribution in [0, 0.1) is 6.92 Å². The Morgan fingerprint density at radius 1 is 1.35 bits per heavy atom. The van der Waals surface area contributed by atoms with Crippen molar-refractivity contribution in [3.63, 3.8) is 0 Å². The number of halogens is 1. The van der Waals surface area contributed by atoms with Gasteiger partial charge in [0.1, 0.15) is 0 Å². The normalized spacial score (nSPS) is 13.5. The van der Waals surface area contributed by atoms with Crippen molar-refractivity contribution in [3.05, 3.63) is 44.4 Å². The Morgan fingerprint density at radius 3 is 2.96 bits per heavy atom. The van der Waals surface area contributed by atoms with Crippen LogP contribution in [0.5, 0.6) is 0 Å². The second kappa shape index (κ2) is 7.32. The standard InChI is InChI=1S/C17H20ClN3OS/c1-11-6-7-12(10-13(11)18)20-17(22)19-9-8-16-21-14-4-2-3-5-15(14)23-16/h6-7,10H,2-5,8-9H2,1H3,(H2,19,20,22). The van der Waals surface area contributed by atoms with Gasteiger partial charge in [-0.1, -0.05) is 17.7 Å². The number of carbonyl (C=O) groups is 1. The molecule has 0 aliphatic heterocycles. The molecule has 1 aromatic heterocycles. The molecule has 3 rings (SSSR count). The number of thiazole rings is 1. The lowest BCUT2D eigenvalue weighted by Gasteiger charge is -2.08. The molecule has 23 heavy (non-hydrogen) atoms. The van der Waals surface area contributed by atoms with E-state index in [1.807, 2.05) is 19.1 Å². The van der Waals surface area contributed by atoms with Crippen molar-refractivity contribution in [2.24, 2.45) is 0 Å². The van der Waals surface area contributed by atoms with Crippen LogP contribution < -0.4 is 10.6 Å². The molecule has 2 aromatic rings. The third kappa shape index (κ3) is 4.24. The summed E-state index contributed by atoms with van der Waals surface area (Å²) in [7, 11) is 0. The Balaban J connectivity index is 1.47. The molecule has 0 radical (unpaired) electrons. The van der Waals surface area contributed by atoms with Gasteiger partial charge in [0.2, 0.25) is 0 Å². The monoisotopic (exact) mass is 349 g/mol. The molecule has 1 aliphatic rings. The van der Waals surface area contributed by atoms with Gasteiger partial charge in [0.15, 0.2) is 0 Å². The van der Waals surface area contributed by atoms with E-state index in [0.717, 1.165) is 29.8 Å². The first-order chi connectivity index (χ1) is 11.1. The smallest absolute Gasteiger partial charge is 0.319 e. The third-order valence-electron chi connectivity index (χ3n) is 3.94. The summed E-state index contributed by atoms with van der Waals surface area (Å²) in [5.41, 5.74) is 2.96. The molecule has 0 atom stereocenters. The molecule has 2 N–H and O–H groups in total. The van der Waals surface area contributed by atoms with Crippen LogP contribution in [-0.2, 0) is 19.3 Å². The lowest BCUT2D eigenvalue weighted by atomic mass is 10.0. The molecule has 0 fully saturated rings. The van der Waals surface area contributed by atoms with Crippen molar-refractivity contribution < 1.29 is 4.79 Å². The van der Waals surface area contributed by atoms with E-state index in [1.54, 1.807) is 17.4 Å². The number of hydrogen-bond acceptors (Lipinski definition) is 3. The van der Waals surface area contributed by atoms with Crippen molar-refractivity contribution in [3.8, 4) is 0 Å². The highest BCUT2D eigenvalue weighted by Crippen LogP contribution is 2.26. The van der Waals surface area contributed by atoms with Gasteiger partial charge < -0.3 is 10.6 Å². The molecule has 1 aromatic carbocycles. The molecule has 0 unspecified atom stereocenters. The van der Waals surface area contributed by atoms with E-state index in [1.165, 1.54) is 23.4 Å². The van der Waals surface area contributed by atoms with Gasteiger partial charge in [0, 0.05) is 28.6 Å². The third-order valence-corrected chi connectivity index (χ3v) is 5.57. The molecule has 0 saturated heterocycles. The van der Waals surface area contributed by atoms with Crippen LogP contribution in [0.1, 0.15) is 34.0 Å². The summed E-state index contributed by atoms with van der Waals surface area (Å²) in [4.78, 5) is 18.0. The van der Waals surface area contributed by atoms with Crippen molar-refractivity contribution >= 4 is 34.7 Å². The van der Waals surface area contributed by atoms with Gasteiger partial charge in [-0.2, -0.15) is 0 Å². The molecule has 0 bridgehead atoms. The highest BCUT2D eigenvalue weighted by Gasteiger charge is 2.14. The number of nitrogens with one attached hydrogen (secondary N) is 2. The Labute approximate surface area is 145 Å². The maximum absolute atomic E-state index is 11.9. The van der Waals surface area contributed by atoms with Crippen LogP contribution in [0.15, 0.2) is 18.2 Å². The highest BCUT2D eigenvalue weighted by molar-refractivity contribution is 7.11. The van der Waals surface area contributed by atoms with Crippen LogP contribution in [-0.4, -0.2) is 17.6 Å². The summed E-state index contributed by atoms with van der Waals surface area (Å²) in [6, 6.07) is 5.27. The number of rotatable bonds is 4. The van der Waals surface area contributed by atoms with E-state index < -0.39 is 0 Å². The summed E-state index contributed by atoms with van der Waals surface area (Å²) < 4.78 is 0. The number of urea groups is 1. The lowest BCUT2D eigenvalue weighted by molar-refractivity contribution is 0.252. The average Bonchev–Trinajstić information content (AvgIpc) is 2.93. The van der Waals surface area contributed by atoms with Gasteiger partial charge in [-0.3, -0.25) is 0 Å². The quantitative estimate of drug-likeness (QED) is 0.862. The summed E-state index contributed by atoms with van der Waals surface area (Å²) >= 11 is 7.85. The maximum Gasteiger partial charge on any atom is 0.319 e. The first kappa shape index (κ1) is 16.3. The fraction of sp³-hybridized carbons (Fsp3) is 0.412. The topological polar surface area (TPSA) is 54.0 Å². The Hall–Kier alpha value is -1.59. The second-order valence-corrected chi connectivity index (χ2v) is 7.35. The number of amides is 2. The Kier molecular flexibility index (Phi) is 5.18. The van der Waals surface area contributed by atoms with Gasteiger partial charge in [-0.15, -0.1) is 11.3 Å². The average molecular weight is 350 g/mol. The zero-order valence-corrected chi connectivity index (χ0v) is 14.7. The number of aromatic nitrogens is 1. The number of benzene rings is 1. The van der Waals surface area contributed by atoms with E-state index in [2.05, 4.69) is 15.6 Å². The summed E-state index contributed by atoms with van der Waals surface area (Å²) in [6.45, 7) is 2.51. The Bertz CT molecular complexity index is 690. The zero-order valence-electron chi connectivity index (χ0n) is 13.1. The number of fused-ring (bicyclic) bond motifs is 1. The van der Waals surface area contributed by atoms with E-state index >= 15 is 0 Å². The summed E-state index contributed by atoms with van der Waals surface area (Å²) in [5.74, 6) is 0. The lowest BCUT2D eigenvalue weighted by Crippen LogP contribution is -2.30. The largest absolute Gasteiger partial charge is 0.337 e. The van der Waals surface area contributed by atoms with Gasteiger partial charge in [-0.05, 0) is 50.3 Å². The minimum absolute atomic E-state index is 0.216. The van der Waals surface area contributed by atoms with Gasteiger partial charge >= 0.3 is 6.03 Å². The molecule has 1 aliphatic carbocycles. The maximum atomic E-state index is 11.9. The molecule has 4 nitrogen and oxygen atoms in total. The molecule has 1 heterocycles. The van der Waals surface area contributed by atoms with Crippen LogP contribution in [0.3, 0.4) is 0 Å². The first-order valence-corrected chi connectivity index (χ1v) is 9.10. The number of hydrogen-bond donors (Lipinski definition) is 2. The molecule has 0 spiro atoms. The van der Waals surface area contributed by atoms with Crippen molar-refractivity contribution in [2.75, 3.05) is 11.9 Å². The number of anilines is 1. The fourth-order valence-corrected chi connectivity index (χ4v) is 3.98. The van der Waals surface area contributed by atoms with Crippen LogP contribution >= 0.6 is 22.9 Å². The van der Waals surface area contributed by atoms with Crippen molar-refractivity contribution in [2.45, 2.75) is 39.0 Å². The zero-order chi connectivity index (χ0) is 16.2. The highest BCUT2D eigenvalue weighted by atomic mass is 35.5. The van der Waals surface area contributed by atoms with Crippen LogP contribution in [0.4, 0.5) is 10.5 Å². The Morgan fingerprint density at radius 2 is 2.17 bits per heavy atom. The van der Waals surface area contributed by atoms with E-state index in [9.17, 15) is 4.79 Å². The van der Waals surface area contributed by atoms with Crippen LogP contribution in [0.2, 0.25) is 5.02 Å². The van der Waals surface area contributed by atoms with E-state index in [0.29, 0.717) is 17.3 Å². The van der Waals surface area contributed by atoms with E-state index in [-0.39, 0.29) is 6.03 Å². The van der Waals surface area contributed by atoms with Crippen molar-refractivity contribution in [1.82, 2.24) is 10.3 Å².